The first-order valence-corrected chi connectivity index (χ1v) is 9.60. The zero-order chi connectivity index (χ0) is 16.5. The van der Waals surface area contributed by atoms with Gasteiger partial charge in [-0.3, -0.25) is 9.36 Å². The molecule has 4 aromatic rings. The van der Waals surface area contributed by atoms with Crippen LogP contribution >= 0.6 is 22.7 Å². The van der Waals surface area contributed by atoms with Crippen molar-refractivity contribution in [3.63, 3.8) is 0 Å². The Hall–Kier alpha value is -2.24. The summed E-state index contributed by atoms with van der Waals surface area (Å²) >= 11 is 3.18. The molecule has 0 aliphatic carbocycles. The van der Waals surface area contributed by atoms with Crippen molar-refractivity contribution < 1.29 is 0 Å². The second-order valence-corrected chi connectivity index (χ2v) is 7.53. The molecule has 0 aliphatic rings. The van der Waals surface area contributed by atoms with E-state index in [4.69, 9.17) is 0 Å². The highest BCUT2D eigenvalue weighted by atomic mass is 32.1. The lowest BCUT2D eigenvalue weighted by Gasteiger charge is -2.05. The molecule has 0 saturated heterocycles. The van der Waals surface area contributed by atoms with Gasteiger partial charge in [0.2, 0.25) is 0 Å². The fourth-order valence-electron chi connectivity index (χ4n) is 2.78. The van der Waals surface area contributed by atoms with E-state index >= 15 is 0 Å². The Labute approximate surface area is 147 Å². The van der Waals surface area contributed by atoms with Gasteiger partial charge in [-0.05, 0) is 29.0 Å². The van der Waals surface area contributed by atoms with Gasteiger partial charge in [0.25, 0.3) is 5.56 Å². The molecule has 0 radical (unpaired) electrons. The maximum atomic E-state index is 13.0. The van der Waals surface area contributed by atoms with Gasteiger partial charge in [0.15, 0.2) is 0 Å². The molecular formula is C19H16N2OS2. The zero-order valence-corrected chi connectivity index (χ0v) is 14.9. The predicted octanol–water partition coefficient (Wildman–Crippen LogP) is 4.80. The minimum atomic E-state index is 0.0317. The van der Waals surface area contributed by atoms with Gasteiger partial charge in [-0.1, -0.05) is 37.3 Å². The standard InChI is InChI=1S/C19H16N2OS2/c1-2-13-5-7-14(8-6-13)16-11-24-18-17(16)19(22)21(12-20-18)10-15-4-3-9-23-15/h3-9,11-12H,2,10H2,1H3. The Bertz CT molecular complexity index is 1030. The van der Waals surface area contributed by atoms with Crippen LogP contribution in [0.25, 0.3) is 21.3 Å². The van der Waals surface area contributed by atoms with Crippen molar-refractivity contribution >= 4 is 32.9 Å². The molecule has 0 amide bonds. The molecule has 5 heteroatoms. The minimum absolute atomic E-state index is 0.0317. The molecule has 1 aromatic carbocycles. The van der Waals surface area contributed by atoms with E-state index in [0.717, 1.165) is 32.6 Å². The first-order chi connectivity index (χ1) is 11.8. The lowest BCUT2D eigenvalue weighted by molar-refractivity contribution is 0.759. The van der Waals surface area contributed by atoms with Gasteiger partial charge in [0.05, 0.1) is 18.3 Å². The largest absolute Gasteiger partial charge is 0.293 e. The molecular weight excluding hydrogens is 336 g/mol. The molecule has 24 heavy (non-hydrogen) atoms. The fourth-order valence-corrected chi connectivity index (χ4v) is 4.39. The Morgan fingerprint density at radius 2 is 1.96 bits per heavy atom. The number of hydrogen-bond acceptors (Lipinski definition) is 4. The zero-order valence-electron chi connectivity index (χ0n) is 13.2. The van der Waals surface area contributed by atoms with E-state index in [1.54, 1.807) is 22.2 Å². The van der Waals surface area contributed by atoms with E-state index in [1.807, 2.05) is 22.9 Å². The quantitative estimate of drug-likeness (QED) is 0.529. The van der Waals surface area contributed by atoms with Crippen LogP contribution in [0.3, 0.4) is 0 Å². The van der Waals surface area contributed by atoms with Crippen LogP contribution in [0, 0.1) is 0 Å². The summed E-state index contributed by atoms with van der Waals surface area (Å²) in [6, 6.07) is 12.5. The Morgan fingerprint density at radius 3 is 2.67 bits per heavy atom. The van der Waals surface area contributed by atoms with Crippen molar-refractivity contribution in [3.05, 3.63) is 74.3 Å². The summed E-state index contributed by atoms with van der Waals surface area (Å²) in [5.41, 5.74) is 3.39. The number of aryl methyl sites for hydroxylation is 1. The molecule has 0 N–H and O–H groups in total. The van der Waals surface area contributed by atoms with E-state index < -0.39 is 0 Å². The monoisotopic (exact) mass is 352 g/mol. The molecule has 3 nitrogen and oxygen atoms in total. The van der Waals surface area contributed by atoms with Crippen LogP contribution in [0.4, 0.5) is 0 Å². The normalized spacial score (nSPS) is 11.2. The van der Waals surface area contributed by atoms with Gasteiger partial charge < -0.3 is 0 Å². The third-order valence-corrected chi connectivity index (χ3v) is 5.89. The van der Waals surface area contributed by atoms with Crippen LogP contribution in [0.2, 0.25) is 0 Å². The third kappa shape index (κ3) is 2.70. The van der Waals surface area contributed by atoms with Crippen molar-refractivity contribution in [2.24, 2.45) is 0 Å². The Kier molecular flexibility index (Phi) is 4.04. The highest BCUT2D eigenvalue weighted by Gasteiger charge is 2.13. The van der Waals surface area contributed by atoms with Crippen molar-refractivity contribution in [3.8, 4) is 11.1 Å². The SMILES string of the molecule is CCc1ccc(-c2csc3ncn(Cc4cccs4)c(=O)c23)cc1. The number of benzene rings is 1. The molecule has 0 aliphatic heterocycles. The second-order valence-electron chi connectivity index (χ2n) is 5.64. The highest BCUT2D eigenvalue weighted by Crippen LogP contribution is 2.30. The summed E-state index contributed by atoms with van der Waals surface area (Å²) in [5.74, 6) is 0. The maximum absolute atomic E-state index is 13.0. The number of nitrogens with zero attached hydrogens (tertiary/aromatic N) is 2. The number of rotatable bonds is 4. The lowest BCUT2D eigenvalue weighted by atomic mass is 10.0. The van der Waals surface area contributed by atoms with Gasteiger partial charge >= 0.3 is 0 Å². The summed E-state index contributed by atoms with van der Waals surface area (Å²) in [6.45, 7) is 2.71. The average molecular weight is 352 g/mol. The molecule has 0 bridgehead atoms. The second kappa shape index (κ2) is 6.34. The van der Waals surface area contributed by atoms with Gasteiger partial charge in [0.1, 0.15) is 4.83 Å². The highest BCUT2D eigenvalue weighted by molar-refractivity contribution is 7.17. The molecule has 0 fully saturated rings. The first kappa shape index (κ1) is 15.3. The topological polar surface area (TPSA) is 34.9 Å². The Morgan fingerprint density at radius 1 is 1.12 bits per heavy atom. The summed E-state index contributed by atoms with van der Waals surface area (Å²) in [5, 5.41) is 4.79. The van der Waals surface area contributed by atoms with Gasteiger partial charge in [0, 0.05) is 15.8 Å². The van der Waals surface area contributed by atoms with E-state index in [2.05, 4.69) is 36.2 Å². The van der Waals surface area contributed by atoms with Crippen molar-refractivity contribution in [1.82, 2.24) is 9.55 Å². The summed E-state index contributed by atoms with van der Waals surface area (Å²) in [4.78, 5) is 19.4. The van der Waals surface area contributed by atoms with E-state index in [-0.39, 0.29) is 5.56 Å². The lowest BCUT2D eigenvalue weighted by Crippen LogP contribution is -2.20. The number of hydrogen-bond donors (Lipinski definition) is 0. The number of fused-ring (bicyclic) bond motifs is 1. The molecule has 0 atom stereocenters. The summed E-state index contributed by atoms with van der Waals surface area (Å²) in [7, 11) is 0. The summed E-state index contributed by atoms with van der Waals surface area (Å²) < 4.78 is 1.70. The first-order valence-electron chi connectivity index (χ1n) is 7.84. The molecule has 120 valence electrons. The number of aromatic nitrogens is 2. The molecule has 0 unspecified atom stereocenters. The van der Waals surface area contributed by atoms with Crippen LogP contribution in [0.1, 0.15) is 17.4 Å². The van der Waals surface area contributed by atoms with Gasteiger partial charge in [-0.25, -0.2) is 4.98 Å². The van der Waals surface area contributed by atoms with Gasteiger partial charge in [-0.15, -0.1) is 22.7 Å². The predicted molar refractivity (Wildman–Crippen MR) is 102 cm³/mol. The van der Waals surface area contributed by atoms with Crippen LogP contribution < -0.4 is 5.56 Å². The minimum Gasteiger partial charge on any atom is -0.293 e. The molecule has 3 heterocycles. The van der Waals surface area contributed by atoms with E-state index in [9.17, 15) is 4.79 Å². The smallest absolute Gasteiger partial charge is 0.263 e. The molecule has 3 aromatic heterocycles. The maximum Gasteiger partial charge on any atom is 0.263 e. The van der Waals surface area contributed by atoms with Crippen molar-refractivity contribution in [1.29, 1.82) is 0 Å². The summed E-state index contributed by atoms with van der Waals surface area (Å²) in [6.07, 6.45) is 2.67. The van der Waals surface area contributed by atoms with Gasteiger partial charge in [-0.2, -0.15) is 0 Å². The average Bonchev–Trinajstić information content (AvgIpc) is 3.27. The van der Waals surface area contributed by atoms with Crippen LogP contribution in [-0.2, 0) is 13.0 Å². The number of thiophene rings is 2. The molecule has 0 saturated carbocycles. The van der Waals surface area contributed by atoms with Crippen LogP contribution in [0.5, 0.6) is 0 Å². The molecule has 0 spiro atoms. The van der Waals surface area contributed by atoms with E-state index in [1.165, 1.54) is 16.9 Å². The Balaban J connectivity index is 1.83. The van der Waals surface area contributed by atoms with Crippen LogP contribution in [0.15, 0.2) is 58.3 Å². The van der Waals surface area contributed by atoms with Crippen LogP contribution in [-0.4, -0.2) is 9.55 Å². The fraction of sp³-hybridized carbons (Fsp3) is 0.158. The van der Waals surface area contributed by atoms with E-state index in [0.29, 0.717) is 6.54 Å². The third-order valence-electron chi connectivity index (χ3n) is 4.14. The molecule has 4 rings (SSSR count). The van der Waals surface area contributed by atoms with Crippen molar-refractivity contribution in [2.45, 2.75) is 19.9 Å². The van der Waals surface area contributed by atoms with Crippen molar-refractivity contribution in [2.75, 3.05) is 0 Å².